The Balaban J connectivity index is 2.18. The standard InChI is InChI=1S/C12H20/c1-8(2)12-9(3)10-4-6-11(12)7-5-10/h9-12H,1,4-7H2,2-3H3. The fourth-order valence-electron chi connectivity index (χ4n) is 3.60. The molecule has 0 spiro atoms. The highest BCUT2D eigenvalue weighted by atomic mass is 14.5. The largest absolute Gasteiger partial charge is 0.0998 e. The SMILES string of the molecule is C=C(C)C1C2CCC(CC2)C1C. The van der Waals surface area contributed by atoms with E-state index in [1.807, 2.05) is 0 Å². The van der Waals surface area contributed by atoms with Gasteiger partial charge in [0, 0.05) is 0 Å². The summed E-state index contributed by atoms with van der Waals surface area (Å²) in [6.07, 6.45) is 5.95. The second-order valence-electron chi connectivity index (χ2n) is 4.91. The Morgan fingerprint density at radius 1 is 1.08 bits per heavy atom. The van der Waals surface area contributed by atoms with Crippen molar-refractivity contribution in [3.63, 3.8) is 0 Å². The zero-order valence-corrected chi connectivity index (χ0v) is 8.34. The van der Waals surface area contributed by atoms with Gasteiger partial charge in [-0.15, -0.1) is 0 Å². The third kappa shape index (κ3) is 1.12. The van der Waals surface area contributed by atoms with Crippen molar-refractivity contribution in [3.05, 3.63) is 12.2 Å². The molecule has 0 aliphatic heterocycles. The van der Waals surface area contributed by atoms with E-state index in [0.29, 0.717) is 0 Å². The molecule has 0 N–H and O–H groups in total. The van der Waals surface area contributed by atoms with Crippen LogP contribution in [0.3, 0.4) is 0 Å². The van der Waals surface area contributed by atoms with Gasteiger partial charge in [-0.3, -0.25) is 0 Å². The molecule has 0 nitrogen and oxygen atoms in total. The molecule has 0 saturated heterocycles. The molecule has 0 heterocycles. The van der Waals surface area contributed by atoms with Gasteiger partial charge >= 0.3 is 0 Å². The van der Waals surface area contributed by atoms with E-state index in [0.717, 1.165) is 23.7 Å². The van der Waals surface area contributed by atoms with Gasteiger partial charge in [-0.2, -0.15) is 0 Å². The molecule has 12 heavy (non-hydrogen) atoms. The number of allylic oxidation sites excluding steroid dienone is 1. The fraction of sp³-hybridized carbons (Fsp3) is 0.833. The predicted molar refractivity (Wildman–Crippen MR) is 52.9 cm³/mol. The van der Waals surface area contributed by atoms with Crippen LogP contribution in [0.5, 0.6) is 0 Å². The Labute approximate surface area is 76.1 Å². The van der Waals surface area contributed by atoms with Crippen LogP contribution in [0.4, 0.5) is 0 Å². The molecule has 3 fully saturated rings. The minimum Gasteiger partial charge on any atom is -0.0998 e. The molecule has 0 radical (unpaired) electrons. The van der Waals surface area contributed by atoms with Crippen LogP contribution in [0.2, 0.25) is 0 Å². The van der Waals surface area contributed by atoms with Gasteiger partial charge in [0.25, 0.3) is 0 Å². The van der Waals surface area contributed by atoms with Crippen LogP contribution >= 0.6 is 0 Å². The van der Waals surface area contributed by atoms with E-state index in [1.165, 1.54) is 31.3 Å². The van der Waals surface area contributed by atoms with E-state index >= 15 is 0 Å². The van der Waals surface area contributed by atoms with Crippen LogP contribution in [0.15, 0.2) is 12.2 Å². The van der Waals surface area contributed by atoms with Crippen molar-refractivity contribution in [1.82, 2.24) is 0 Å². The van der Waals surface area contributed by atoms with Crippen LogP contribution < -0.4 is 0 Å². The third-order valence-electron chi connectivity index (χ3n) is 4.20. The summed E-state index contributed by atoms with van der Waals surface area (Å²) in [5.74, 6) is 3.80. The van der Waals surface area contributed by atoms with Gasteiger partial charge in [0.2, 0.25) is 0 Å². The zero-order valence-electron chi connectivity index (χ0n) is 8.34. The summed E-state index contributed by atoms with van der Waals surface area (Å²) in [5.41, 5.74) is 1.44. The van der Waals surface area contributed by atoms with Crippen LogP contribution in [-0.4, -0.2) is 0 Å². The van der Waals surface area contributed by atoms with E-state index in [2.05, 4.69) is 20.4 Å². The first-order valence-corrected chi connectivity index (χ1v) is 5.35. The predicted octanol–water partition coefficient (Wildman–Crippen LogP) is 3.63. The van der Waals surface area contributed by atoms with Crippen molar-refractivity contribution < 1.29 is 0 Å². The lowest BCUT2D eigenvalue weighted by molar-refractivity contribution is 0.0558. The maximum absolute atomic E-state index is 4.15. The van der Waals surface area contributed by atoms with E-state index in [4.69, 9.17) is 0 Å². The minimum atomic E-state index is 0.859. The molecule has 2 atom stereocenters. The molecule has 2 unspecified atom stereocenters. The third-order valence-corrected chi connectivity index (χ3v) is 4.20. The Bertz CT molecular complexity index is 182. The van der Waals surface area contributed by atoms with Gasteiger partial charge < -0.3 is 0 Å². The number of hydrogen-bond acceptors (Lipinski definition) is 0. The Hall–Kier alpha value is -0.260. The van der Waals surface area contributed by atoms with Gasteiger partial charge in [0.1, 0.15) is 0 Å². The van der Waals surface area contributed by atoms with Gasteiger partial charge in [-0.1, -0.05) is 19.1 Å². The fourth-order valence-corrected chi connectivity index (χ4v) is 3.60. The van der Waals surface area contributed by atoms with E-state index < -0.39 is 0 Å². The second-order valence-corrected chi connectivity index (χ2v) is 4.91. The highest BCUT2D eigenvalue weighted by Gasteiger charge is 2.40. The molecule has 0 aromatic rings. The average molecular weight is 164 g/mol. The lowest BCUT2D eigenvalue weighted by atomic mass is 9.58. The highest BCUT2D eigenvalue weighted by molar-refractivity contribution is 5.06. The maximum Gasteiger partial charge on any atom is -0.0152 e. The highest BCUT2D eigenvalue weighted by Crippen LogP contribution is 2.50. The lowest BCUT2D eigenvalue weighted by Gasteiger charge is -2.48. The van der Waals surface area contributed by atoms with Crippen molar-refractivity contribution in [2.75, 3.05) is 0 Å². The monoisotopic (exact) mass is 164 g/mol. The maximum atomic E-state index is 4.15. The molecule has 0 aromatic heterocycles. The lowest BCUT2D eigenvalue weighted by Crippen LogP contribution is -2.38. The van der Waals surface area contributed by atoms with Crippen molar-refractivity contribution in [3.8, 4) is 0 Å². The van der Waals surface area contributed by atoms with Crippen LogP contribution in [0, 0.1) is 23.7 Å². The number of fused-ring (bicyclic) bond motifs is 3. The Morgan fingerprint density at radius 2 is 1.58 bits per heavy atom. The summed E-state index contributed by atoms with van der Waals surface area (Å²) < 4.78 is 0. The van der Waals surface area contributed by atoms with E-state index in [-0.39, 0.29) is 0 Å². The van der Waals surface area contributed by atoms with E-state index in [9.17, 15) is 0 Å². The molecule has 68 valence electrons. The average Bonchev–Trinajstić information content (AvgIpc) is 2.05. The molecule has 0 aromatic carbocycles. The molecule has 3 saturated carbocycles. The summed E-state index contributed by atoms with van der Waals surface area (Å²) in [4.78, 5) is 0. The van der Waals surface area contributed by atoms with Gasteiger partial charge in [-0.05, 0) is 56.3 Å². The summed E-state index contributed by atoms with van der Waals surface area (Å²) in [7, 11) is 0. The molecule has 3 aliphatic carbocycles. The minimum absolute atomic E-state index is 0.859. The van der Waals surface area contributed by atoms with Gasteiger partial charge in [0.05, 0.1) is 0 Å². The molecule has 2 bridgehead atoms. The summed E-state index contributed by atoms with van der Waals surface area (Å²) in [6.45, 7) is 8.81. The molecule has 0 amide bonds. The van der Waals surface area contributed by atoms with E-state index in [1.54, 1.807) is 0 Å². The second kappa shape index (κ2) is 2.90. The van der Waals surface area contributed by atoms with Crippen LogP contribution in [0.25, 0.3) is 0 Å². The first-order chi connectivity index (χ1) is 5.70. The van der Waals surface area contributed by atoms with Crippen LogP contribution in [-0.2, 0) is 0 Å². The number of rotatable bonds is 1. The summed E-state index contributed by atoms with van der Waals surface area (Å²) in [6, 6.07) is 0. The number of hydrogen-bond donors (Lipinski definition) is 0. The van der Waals surface area contributed by atoms with Crippen molar-refractivity contribution >= 4 is 0 Å². The smallest absolute Gasteiger partial charge is 0.0152 e. The zero-order chi connectivity index (χ0) is 8.72. The van der Waals surface area contributed by atoms with Crippen LogP contribution in [0.1, 0.15) is 39.5 Å². The topological polar surface area (TPSA) is 0 Å². The first kappa shape index (κ1) is 8.34. The Kier molecular flexibility index (Phi) is 2.02. The summed E-state index contributed by atoms with van der Waals surface area (Å²) in [5, 5.41) is 0. The molecular weight excluding hydrogens is 144 g/mol. The first-order valence-electron chi connectivity index (χ1n) is 5.35. The quantitative estimate of drug-likeness (QED) is 0.519. The van der Waals surface area contributed by atoms with Crippen molar-refractivity contribution in [2.45, 2.75) is 39.5 Å². The molecule has 3 rings (SSSR count). The molecular formula is C12H20. The normalized spacial score (nSPS) is 46.2. The van der Waals surface area contributed by atoms with Gasteiger partial charge in [-0.25, -0.2) is 0 Å². The van der Waals surface area contributed by atoms with Crippen molar-refractivity contribution in [2.24, 2.45) is 23.7 Å². The molecule has 0 heteroatoms. The molecule has 3 aliphatic rings. The van der Waals surface area contributed by atoms with Crippen molar-refractivity contribution in [1.29, 1.82) is 0 Å². The van der Waals surface area contributed by atoms with Gasteiger partial charge in [0.15, 0.2) is 0 Å². The summed E-state index contributed by atoms with van der Waals surface area (Å²) >= 11 is 0. The Morgan fingerprint density at radius 3 is 1.92 bits per heavy atom.